The van der Waals surface area contributed by atoms with Crippen molar-refractivity contribution in [3.05, 3.63) is 27.3 Å². The van der Waals surface area contributed by atoms with E-state index in [0.717, 1.165) is 14.8 Å². The summed E-state index contributed by atoms with van der Waals surface area (Å²) < 4.78 is 1.11. The molecule has 4 nitrogen and oxygen atoms in total. The number of nitrogens with one attached hydrogen (secondary N) is 2. The molecule has 3 N–H and O–H groups in total. The quantitative estimate of drug-likeness (QED) is 0.733. The van der Waals surface area contributed by atoms with Gasteiger partial charge in [-0.3, -0.25) is 0 Å². The Balaban J connectivity index is 2.65. The zero-order valence-corrected chi connectivity index (χ0v) is 12.1. The van der Waals surface area contributed by atoms with E-state index in [2.05, 4.69) is 33.2 Å². The summed E-state index contributed by atoms with van der Waals surface area (Å²) in [6.45, 7) is 3.83. The molecule has 0 aliphatic carbocycles. The molecule has 0 radical (unpaired) electrons. The van der Waals surface area contributed by atoms with Gasteiger partial charge in [-0.15, -0.1) is 0 Å². The summed E-state index contributed by atoms with van der Waals surface area (Å²) in [5.74, 6) is 0. The van der Waals surface area contributed by atoms with E-state index in [1.54, 1.807) is 0 Å². The van der Waals surface area contributed by atoms with Crippen molar-refractivity contribution in [3.8, 4) is 0 Å². The van der Waals surface area contributed by atoms with Crippen molar-refractivity contribution >= 4 is 34.3 Å². The normalized spacial score (nSPS) is 12.0. The van der Waals surface area contributed by atoms with Gasteiger partial charge in [0.25, 0.3) is 0 Å². The molecule has 0 unspecified atom stereocenters. The first-order chi connectivity index (χ1) is 8.08. The molecular weight excluding hydrogens is 331 g/mol. The van der Waals surface area contributed by atoms with Crippen molar-refractivity contribution in [2.24, 2.45) is 0 Å². The molecule has 0 aliphatic heterocycles. The third-order valence-corrected chi connectivity index (χ3v) is 3.73. The third-order valence-electron chi connectivity index (χ3n) is 2.56. The highest BCUT2D eigenvalue weighted by Gasteiger charge is 2.10. The summed E-state index contributed by atoms with van der Waals surface area (Å²) in [7, 11) is 0. The highest BCUT2D eigenvalue weighted by Crippen LogP contribution is 2.20. The predicted molar refractivity (Wildman–Crippen MR) is 77.2 cm³/mol. The second-order valence-corrected chi connectivity index (χ2v) is 4.96. The molecule has 0 aromatic heterocycles. The number of benzene rings is 1. The first-order valence-electron chi connectivity index (χ1n) is 5.52. The minimum atomic E-state index is -0.281. The number of carbonyl (C=O) groups excluding carboxylic acids is 1. The van der Waals surface area contributed by atoms with Gasteiger partial charge in [-0.25, -0.2) is 4.79 Å². The fourth-order valence-electron chi connectivity index (χ4n) is 1.36. The monoisotopic (exact) mass is 348 g/mol. The maximum atomic E-state index is 11.7. The Morgan fingerprint density at radius 1 is 1.53 bits per heavy atom. The summed E-state index contributed by atoms with van der Waals surface area (Å²) in [5.41, 5.74) is 1.84. The Bertz CT molecular complexity index is 392. The fraction of sp³-hybridized carbons (Fsp3) is 0.417. The molecule has 1 aromatic carbocycles. The van der Waals surface area contributed by atoms with Gasteiger partial charge in [0.2, 0.25) is 0 Å². The Morgan fingerprint density at radius 3 is 2.82 bits per heavy atom. The van der Waals surface area contributed by atoms with Gasteiger partial charge in [0.15, 0.2) is 0 Å². The van der Waals surface area contributed by atoms with Crippen molar-refractivity contribution in [2.75, 3.05) is 11.9 Å². The number of hydrogen-bond acceptors (Lipinski definition) is 2. The number of anilines is 1. The van der Waals surface area contributed by atoms with E-state index in [1.165, 1.54) is 0 Å². The van der Waals surface area contributed by atoms with Gasteiger partial charge < -0.3 is 15.7 Å². The van der Waals surface area contributed by atoms with E-state index in [1.807, 2.05) is 32.0 Å². The van der Waals surface area contributed by atoms with E-state index in [-0.39, 0.29) is 18.7 Å². The third kappa shape index (κ3) is 4.16. The van der Waals surface area contributed by atoms with E-state index in [0.29, 0.717) is 6.42 Å². The number of amides is 2. The van der Waals surface area contributed by atoms with Crippen LogP contribution in [-0.2, 0) is 0 Å². The maximum absolute atomic E-state index is 11.7. The lowest BCUT2D eigenvalue weighted by molar-refractivity contribution is 0.222. The van der Waals surface area contributed by atoms with Gasteiger partial charge in [-0.1, -0.05) is 13.0 Å². The van der Waals surface area contributed by atoms with Crippen LogP contribution in [0.5, 0.6) is 0 Å². The Kier molecular flexibility index (Phi) is 5.70. The van der Waals surface area contributed by atoms with Crippen LogP contribution < -0.4 is 10.6 Å². The molecule has 1 atom stereocenters. The molecule has 0 saturated carbocycles. The first kappa shape index (κ1) is 14.2. The average molecular weight is 348 g/mol. The molecule has 0 fully saturated rings. The van der Waals surface area contributed by atoms with Gasteiger partial charge in [0.1, 0.15) is 0 Å². The zero-order valence-electron chi connectivity index (χ0n) is 9.96. The predicted octanol–water partition coefficient (Wildman–Crippen LogP) is 2.49. The number of carbonyl (C=O) groups is 1. The summed E-state index contributed by atoms with van der Waals surface area (Å²) in [6.07, 6.45) is 0.704. The molecule has 94 valence electrons. The lowest BCUT2D eigenvalue weighted by Gasteiger charge is -2.16. The van der Waals surface area contributed by atoms with Crippen LogP contribution in [0.3, 0.4) is 0 Å². The second-order valence-electron chi connectivity index (χ2n) is 3.80. The number of halogens is 1. The number of rotatable bonds is 4. The molecule has 2 amide bonds. The van der Waals surface area contributed by atoms with Crippen LogP contribution in [0.1, 0.15) is 18.9 Å². The summed E-state index contributed by atoms with van der Waals surface area (Å²) in [4.78, 5) is 11.7. The van der Waals surface area contributed by atoms with E-state index >= 15 is 0 Å². The highest BCUT2D eigenvalue weighted by molar-refractivity contribution is 14.1. The molecule has 1 aromatic rings. The van der Waals surface area contributed by atoms with Crippen molar-refractivity contribution in [2.45, 2.75) is 26.3 Å². The lowest BCUT2D eigenvalue weighted by Crippen LogP contribution is -2.39. The largest absolute Gasteiger partial charge is 0.394 e. The van der Waals surface area contributed by atoms with Crippen molar-refractivity contribution in [3.63, 3.8) is 0 Å². The number of aliphatic hydroxyl groups excluding tert-OH is 1. The maximum Gasteiger partial charge on any atom is 0.319 e. The zero-order chi connectivity index (χ0) is 12.8. The smallest absolute Gasteiger partial charge is 0.319 e. The lowest BCUT2D eigenvalue weighted by atomic mass is 10.2. The molecule has 0 saturated heterocycles. The number of aliphatic hydroxyl groups is 1. The van der Waals surface area contributed by atoms with Crippen molar-refractivity contribution < 1.29 is 9.90 Å². The first-order valence-corrected chi connectivity index (χ1v) is 6.59. The van der Waals surface area contributed by atoms with Gasteiger partial charge in [-0.2, -0.15) is 0 Å². The summed E-state index contributed by atoms with van der Waals surface area (Å²) in [6, 6.07) is 5.26. The number of hydrogen-bond donors (Lipinski definition) is 3. The average Bonchev–Trinajstić information content (AvgIpc) is 2.32. The number of urea groups is 1. The van der Waals surface area contributed by atoms with Gasteiger partial charge >= 0.3 is 6.03 Å². The van der Waals surface area contributed by atoms with Crippen molar-refractivity contribution in [1.29, 1.82) is 0 Å². The van der Waals surface area contributed by atoms with Gasteiger partial charge in [0, 0.05) is 9.26 Å². The van der Waals surface area contributed by atoms with E-state index in [4.69, 9.17) is 5.11 Å². The Hall–Kier alpha value is -0.820. The van der Waals surface area contributed by atoms with Crippen LogP contribution in [0.2, 0.25) is 0 Å². The standard InChI is InChI=1S/C12H17IN2O2/c1-3-9(7-16)14-12(17)15-11-6-4-5-10(13)8(11)2/h4-6,9,16H,3,7H2,1-2H3,(H2,14,15,17)/t9-/m1/s1. The Labute approximate surface area is 115 Å². The minimum Gasteiger partial charge on any atom is -0.394 e. The van der Waals surface area contributed by atoms with Crippen LogP contribution >= 0.6 is 22.6 Å². The Morgan fingerprint density at radius 2 is 2.24 bits per heavy atom. The molecule has 0 heterocycles. The van der Waals surface area contributed by atoms with E-state index in [9.17, 15) is 4.79 Å². The molecule has 5 heteroatoms. The topological polar surface area (TPSA) is 61.4 Å². The highest BCUT2D eigenvalue weighted by atomic mass is 127. The van der Waals surface area contributed by atoms with Crippen LogP contribution in [0, 0.1) is 10.5 Å². The fourth-order valence-corrected chi connectivity index (χ4v) is 1.86. The van der Waals surface area contributed by atoms with E-state index < -0.39 is 0 Å². The van der Waals surface area contributed by atoms with Gasteiger partial charge in [-0.05, 0) is 53.6 Å². The molecule has 0 spiro atoms. The van der Waals surface area contributed by atoms with Crippen LogP contribution in [0.4, 0.5) is 10.5 Å². The summed E-state index contributed by atoms with van der Waals surface area (Å²) >= 11 is 2.23. The molecule has 17 heavy (non-hydrogen) atoms. The second kappa shape index (κ2) is 6.80. The van der Waals surface area contributed by atoms with Crippen LogP contribution in [-0.4, -0.2) is 23.8 Å². The molecule has 1 rings (SSSR count). The molecular formula is C12H17IN2O2. The molecule has 0 aliphatic rings. The van der Waals surface area contributed by atoms with Crippen LogP contribution in [0.25, 0.3) is 0 Å². The summed E-state index contributed by atoms with van der Waals surface area (Å²) in [5, 5.41) is 14.5. The van der Waals surface area contributed by atoms with Gasteiger partial charge in [0.05, 0.1) is 12.6 Å². The minimum absolute atomic E-state index is 0.0464. The SMILES string of the molecule is CC[C@H](CO)NC(=O)Nc1cccc(I)c1C. The van der Waals surface area contributed by atoms with Crippen LogP contribution in [0.15, 0.2) is 18.2 Å². The molecule has 0 bridgehead atoms. The van der Waals surface area contributed by atoms with Crippen molar-refractivity contribution in [1.82, 2.24) is 5.32 Å².